The highest BCUT2D eigenvalue weighted by Crippen LogP contribution is 2.22. The quantitative estimate of drug-likeness (QED) is 0.757. The van der Waals surface area contributed by atoms with Crippen molar-refractivity contribution in [3.8, 4) is 5.75 Å². The molecule has 0 amide bonds. The molecule has 0 aliphatic rings. The van der Waals surface area contributed by atoms with Crippen molar-refractivity contribution in [2.45, 2.75) is 12.2 Å². The van der Waals surface area contributed by atoms with Crippen molar-refractivity contribution in [1.29, 1.82) is 0 Å². The van der Waals surface area contributed by atoms with Crippen LogP contribution in [-0.2, 0) is 0 Å². The van der Waals surface area contributed by atoms with Crippen LogP contribution < -0.4 is 15.8 Å². The Kier molecular flexibility index (Phi) is 4.62. The number of hydrogen-bond donors (Lipinski definition) is 2. The highest BCUT2D eigenvalue weighted by Gasteiger charge is 2.01. The summed E-state index contributed by atoms with van der Waals surface area (Å²) in [4.78, 5) is 0. The Morgan fingerprint density at radius 2 is 2.20 bits per heavy atom. The highest BCUT2D eigenvalue weighted by molar-refractivity contribution is 7.99. The zero-order valence-electron chi connectivity index (χ0n) is 9.41. The van der Waals surface area contributed by atoms with Gasteiger partial charge in [-0.15, -0.1) is 0 Å². The third kappa shape index (κ3) is 3.91. The second-order valence-corrected chi connectivity index (χ2v) is 4.70. The highest BCUT2D eigenvalue weighted by atomic mass is 32.2. The largest absolute Gasteiger partial charge is 0.497 e. The van der Waals surface area contributed by atoms with Gasteiger partial charge in [-0.25, -0.2) is 0 Å². The number of thioether (sulfide) groups is 1. The molecule has 0 saturated heterocycles. The van der Waals surface area contributed by atoms with Gasteiger partial charge < -0.3 is 15.8 Å². The summed E-state index contributed by atoms with van der Waals surface area (Å²) in [7, 11) is 1.64. The molecule has 0 saturated carbocycles. The van der Waals surface area contributed by atoms with Crippen molar-refractivity contribution in [2.24, 2.45) is 0 Å². The summed E-state index contributed by atoms with van der Waals surface area (Å²) < 4.78 is 5.14. The number of ether oxygens (including phenoxy) is 1. The standard InChI is InChI=1S/C11H18N2OS/c1-8(15-3)7-13-10-4-9(12)5-11(6-10)14-2/h4-6,8,13H,7,12H2,1-3H3. The molecule has 1 rings (SSSR count). The summed E-state index contributed by atoms with van der Waals surface area (Å²) in [6, 6.07) is 5.67. The van der Waals surface area contributed by atoms with E-state index in [0.717, 1.165) is 18.0 Å². The molecule has 3 N–H and O–H groups in total. The van der Waals surface area contributed by atoms with E-state index in [0.29, 0.717) is 10.9 Å². The smallest absolute Gasteiger partial charge is 0.122 e. The SMILES string of the molecule is COc1cc(N)cc(NCC(C)SC)c1. The maximum atomic E-state index is 5.75. The second-order valence-electron chi connectivity index (χ2n) is 3.42. The van der Waals surface area contributed by atoms with Gasteiger partial charge in [0.1, 0.15) is 5.75 Å². The Balaban J connectivity index is 2.64. The molecule has 0 bridgehead atoms. The first kappa shape index (κ1) is 12.0. The van der Waals surface area contributed by atoms with Gasteiger partial charge in [-0.2, -0.15) is 11.8 Å². The Morgan fingerprint density at radius 1 is 1.47 bits per heavy atom. The fraction of sp³-hybridized carbons (Fsp3) is 0.455. The van der Waals surface area contributed by atoms with E-state index in [2.05, 4.69) is 18.5 Å². The van der Waals surface area contributed by atoms with E-state index in [1.807, 2.05) is 30.0 Å². The number of methoxy groups -OCH3 is 1. The predicted octanol–water partition coefficient (Wildman–Crippen LogP) is 2.44. The van der Waals surface area contributed by atoms with Crippen molar-refractivity contribution in [1.82, 2.24) is 0 Å². The fourth-order valence-electron chi connectivity index (χ4n) is 1.19. The van der Waals surface area contributed by atoms with Gasteiger partial charge in [-0.3, -0.25) is 0 Å². The lowest BCUT2D eigenvalue weighted by atomic mass is 10.2. The van der Waals surface area contributed by atoms with Crippen LogP contribution in [0.5, 0.6) is 5.75 Å². The number of benzene rings is 1. The molecule has 0 radical (unpaired) electrons. The molecule has 15 heavy (non-hydrogen) atoms. The Morgan fingerprint density at radius 3 is 2.80 bits per heavy atom. The predicted molar refractivity (Wildman–Crippen MR) is 68.9 cm³/mol. The van der Waals surface area contributed by atoms with E-state index in [1.54, 1.807) is 7.11 Å². The van der Waals surface area contributed by atoms with Crippen LogP contribution in [-0.4, -0.2) is 25.2 Å². The molecule has 0 aliphatic carbocycles. The Labute approximate surface area is 95.4 Å². The summed E-state index contributed by atoms with van der Waals surface area (Å²) in [5, 5.41) is 3.91. The molecule has 0 aromatic heterocycles. The van der Waals surface area contributed by atoms with Gasteiger partial charge in [0.2, 0.25) is 0 Å². The van der Waals surface area contributed by atoms with Gasteiger partial charge >= 0.3 is 0 Å². The Hall–Kier alpha value is -1.03. The number of nitrogen functional groups attached to an aromatic ring is 1. The van der Waals surface area contributed by atoms with Gasteiger partial charge in [0.05, 0.1) is 7.11 Å². The maximum absolute atomic E-state index is 5.75. The summed E-state index contributed by atoms with van der Waals surface area (Å²) >= 11 is 1.83. The molecular weight excluding hydrogens is 208 g/mol. The fourth-order valence-corrected chi connectivity index (χ4v) is 1.44. The molecule has 1 aromatic carbocycles. The van der Waals surface area contributed by atoms with E-state index in [1.165, 1.54) is 0 Å². The second kappa shape index (κ2) is 5.75. The first-order valence-corrected chi connectivity index (χ1v) is 6.15. The molecule has 0 fully saturated rings. The van der Waals surface area contributed by atoms with E-state index >= 15 is 0 Å². The van der Waals surface area contributed by atoms with Crippen LogP contribution in [0.1, 0.15) is 6.92 Å². The summed E-state index contributed by atoms with van der Waals surface area (Å²) in [5.41, 5.74) is 7.47. The average Bonchev–Trinajstić information content (AvgIpc) is 2.25. The van der Waals surface area contributed by atoms with Crippen molar-refractivity contribution in [3.63, 3.8) is 0 Å². The van der Waals surface area contributed by atoms with Crippen molar-refractivity contribution < 1.29 is 4.74 Å². The van der Waals surface area contributed by atoms with Crippen LogP contribution in [0, 0.1) is 0 Å². The van der Waals surface area contributed by atoms with Crippen LogP contribution in [0.4, 0.5) is 11.4 Å². The molecule has 0 heterocycles. The van der Waals surface area contributed by atoms with E-state index < -0.39 is 0 Å². The number of nitrogens with two attached hydrogens (primary N) is 1. The third-order valence-corrected chi connectivity index (χ3v) is 3.13. The summed E-state index contributed by atoms with van der Waals surface area (Å²) in [6.45, 7) is 3.11. The minimum absolute atomic E-state index is 0.581. The monoisotopic (exact) mass is 226 g/mol. The molecule has 0 spiro atoms. The normalized spacial score (nSPS) is 12.2. The molecule has 0 aliphatic heterocycles. The van der Waals surface area contributed by atoms with Gasteiger partial charge in [0.15, 0.2) is 0 Å². The minimum Gasteiger partial charge on any atom is -0.497 e. The first-order chi connectivity index (χ1) is 7.15. The van der Waals surface area contributed by atoms with E-state index in [9.17, 15) is 0 Å². The lowest BCUT2D eigenvalue weighted by Crippen LogP contribution is -2.12. The minimum atomic E-state index is 0.581. The number of nitrogens with one attached hydrogen (secondary N) is 1. The number of anilines is 2. The van der Waals surface area contributed by atoms with Crippen LogP contribution in [0.3, 0.4) is 0 Å². The van der Waals surface area contributed by atoms with E-state index in [-0.39, 0.29) is 0 Å². The van der Waals surface area contributed by atoms with Gasteiger partial charge in [0.25, 0.3) is 0 Å². The van der Waals surface area contributed by atoms with Gasteiger partial charge in [-0.05, 0) is 12.3 Å². The van der Waals surface area contributed by atoms with Crippen molar-refractivity contribution in [2.75, 3.05) is 31.0 Å². The van der Waals surface area contributed by atoms with Crippen LogP contribution in [0.15, 0.2) is 18.2 Å². The average molecular weight is 226 g/mol. The van der Waals surface area contributed by atoms with Crippen LogP contribution in [0.25, 0.3) is 0 Å². The molecule has 84 valence electrons. The zero-order valence-corrected chi connectivity index (χ0v) is 10.2. The zero-order chi connectivity index (χ0) is 11.3. The van der Waals surface area contributed by atoms with Gasteiger partial charge in [0, 0.05) is 35.3 Å². The van der Waals surface area contributed by atoms with Gasteiger partial charge in [-0.1, -0.05) is 6.92 Å². The first-order valence-electron chi connectivity index (χ1n) is 4.87. The molecule has 3 nitrogen and oxygen atoms in total. The maximum Gasteiger partial charge on any atom is 0.122 e. The molecule has 1 atom stereocenters. The molecular formula is C11H18N2OS. The van der Waals surface area contributed by atoms with Crippen molar-refractivity contribution in [3.05, 3.63) is 18.2 Å². The lowest BCUT2D eigenvalue weighted by Gasteiger charge is -2.12. The lowest BCUT2D eigenvalue weighted by molar-refractivity contribution is 0.415. The molecule has 1 unspecified atom stereocenters. The third-order valence-electron chi connectivity index (χ3n) is 2.16. The Bertz CT molecular complexity index is 317. The number of hydrogen-bond acceptors (Lipinski definition) is 4. The topological polar surface area (TPSA) is 47.3 Å². The molecule has 4 heteroatoms. The van der Waals surface area contributed by atoms with Crippen LogP contribution >= 0.6 is 11.8 Å². The summed E-state index contributed by atoms with van der Waals surface area (Å²) in [5.74, 6) is 0.786. The van der Waals surface area contributed by atoms with Crippen molar-refractivity contribution >= 4 is 23.1 Å². The molecule has 1 aromatic rings. The number of rotatable bonds is 5. The summed E-state index contributed by atoms with van der Waals surface area (Å²) in [6.07, 6.45) is 2.10. The van der Waals surface area contributed by atoms with Crippen LogP contribution in [0.2, 0.25) is 0 Å². The van der Waals surface area contributed by atoms with E-state index in [4.69, 9.17) is 10.5 Å².